The van der Waals surface area contributed by atoms with Gasteiger partial charge in [-0.1, -0.05) is 20.8 Å². The number of aliphatic hydroxyl groups is 1. The van der Waals surface area contributed by atoms with E-state index in [4.69, 9.17) is 5.11 Å². The zero-order chi connectivity index (χ0) is 12.7. The number of aliphatic hydroxyl groups excluding tert-OH is 1. The number of hydrogen-bond acceptors (Lipinski definition) is 2. The van der Waals surface area contributed by atoms with Crippen molar-refractivity contribution in [2.75, 3.05) is 0 Å². The molecule has 92 valence electrons. The first kappa shape index (κ1) is 13.0. The highest BCUT2D eigenvalue weighted by molar-refractivity contribution is 5.19. The molecule has 3 nitrogen and oxygen atoms in total. The fourth-order valence-electron chi connectivity index (χ4n) is 1.27. The minimum atomic E-state index is -4.66. The van der Waals surface area contributed by atoms with Gasteiger partial charge in [-0.05, 0) is 6.07 Å². The zero-order valence-electron chi connectivity index (χ0n) is 9.63. The molecule has 1 aromatic heterocycles. The van der Waals surface area contributed by atoms with Gasteiger partial charge in [-0.2, -0.15) is 18.3 Å². The number of hydrogen-bond donors (Lipinski definition) is 1. The standard InChI is InChI=1S/C10H15F3N2O/c1-9(2,3)7-5-6(15(4)14-7)8(16)10(11,12)13/h5,8,16H,1-4H3. The van der Waals surface area contributed by atoms with E-state index in [1.807, 2.05) is 20.8 Å². The lowest BCUT2D eigenvalue weighted by atomic mass is 9.92. The molecular weight excluding hydrogens is 221 g/mol. The van der Waals surface area contributed by atoms with E-state index in [1.54, 1.807) is 0 Å². The fourth-order valence-corrected chi connectivity index (χ4v) is 1.27. The average Bonchev–Trinajstić information content (AvgIpc) is 2.43. The highest BCUT2D eigenvalue weighted by atomic mass is 19.4. The van der Waals surface area contributed by atoms with Crippen LogP contribution in [0.4, 0.5) is 13.2 Å². The summed E-state index contributed by atoms with van der Waals surface area (Å²) in [5.74, 6) is 0. The van der Waals surface area contributed by atoms with Crippen molar-refractivity contribution in [3.05, 3.63) is 17.5 Å². The van der Waals surface area contributed by atoms with Crippen LogP contribution in [0.5, 0.6) is 0 Å². The second-order valence-corrected chi connectivity index (χ2v) is 4.77. The van der Waals surface area contributed by atoms with Gasteiger partial charge in [0, 0.05) is 12.5 Å². The van der Waals surface area contributed by atoms with Crippen LogP contribution in [0.1, 0.15) is 38.3 Å². The number of aryl methyl sites for hydroxylation is 1. The van der Waals surface area contributed by atoms with Gasteiger partial charge in [0.15, 0.2) is 6.10 Å². The monoisotopic (exact) mass is 236 g/mol. The molecule has 0 amide bonds. The van der Waals surface area contributed by atoms with Crippen molar-refractivity contribution in [2.24, 2.45) is 7.05 Å². The SMILES string of the molecule is Cn1nc(C(C)(C)C)cc1C(O)C(F)(F)F. The molecule has 1 atom stereocenters. The van der Waals surface area contributed by atoms with Crippen molar-refractivity contribution in [3.8, 4) is 0 Å². The predicted octanol–water partition coefficient (Wildman–Crippen LogP) is 2.31. The van der Waals surface area contributed by atoms with E-state index in [-0.39, 0.29) is 11.1 Å². The molecule has 0 bridgehead atoms. The summed E-state index contributed by atoms with van der Waals surface area (Å²) in [6.07, 6.45) is -7.15. The maximum absolute atomic E-state index is 12.3. The highest BCUT2D eigenvalue weighted by Gasteiger charge is 2.41. The largest absolute Gasteiger partial charge is 0.420 e. The van der Waals surface area contributed by atoms with Crippen molar-refractivity contribution >= 4 is 0 Å². The maximum atomic E-state index is 12.3. The molecule has 0 fully saturated rings. The third-order valence-electron chi connectivity index (χ3n) is 2.27. The molecule has 1 unspecified atom stereocenters. The Kier molecular flexibility index (Phi) is 3.06. The van der Waals surface area contributed by atoms with Crippen LogP contribution in [-0.4, -0.2) is 21.1 Å². The van der Waals surface area contributed by atoms with Gasteiger partial charge in [-0.25, -0.2) is 0 Å². The number of halogens is 3. The Labute approximate surface area is 91.9 Å². The van der Waals surface area contributed by atoms with Crippen LogP contribution >= 0.6 is 0 Å². The van der Waals surface area contributed by atoms with Gasteiger partial charge in [-0.15, -0.1) is 0 Å². The molecular formula is C10H15F3N2O. The molecule has 1 N–H and O–H groups in total. The number of alkyl halides is 3. The quantitative estimate of drug-likeness (QED) is 0.812. The Morgan fingerprint density at radius 2 is 1.81 bits per heavy atom. The van der Waals surface area contributed by atoms with Crippen molar-refractivity contribution < 1.29 is 18.3 Å². The van der Waals surface area contributed by atoms with E-state index in [1.165, 1.54) is 13.1 Å². The Balaban J connectivity index is 3.13. The second-order valence-electron chi connectivity index (χ2n) is 4.77. The van der Waals surface area contributed by atoms with Gasteiger partial charge in [-0.3, -0.25) is 4.68 Å². The lowest BCUT2D eigenvalue weighted by Crippen LogP contribution is -2.22. The van der Waals surface area contributed by atoms with Crippen molar-refractivity contribution in [3.63, 3.8) is 0 Å². The molecule has 0 aliphatic carbocycles. The van der Waals surface area contributed by atoms with Crippen molar-refractivity contribution in [1.29, 1.82) is 0 Å². The average molecular weight is 236 g/mol. The van der Waals surface area contributed by atoms with Gasteiger partial charge < -0.3 is 5.11 Å². The van der Waals surface area contributed by atoms with Crippen molar-refractivity contribution in [2.45, 2.75) is 38.5 Å². The molecule has 1 rings (SSSR count). The summed E-state index contributed by atoms with van der Waals surface area (Å²) in [6.45, 7) is 5.54. The Bertz CT molecular complexity index is 376. The lowest BCUT2D eigenvalue weighted by molar-refractivity contribution is -0.208. The first-order chi connectivity index (χ1) is 7.03. The number of nitrogens with zero attached hydrogens (tertiary/aromatic N) is 2. The summed E-state index contributed by atoms with van der Waals surface area (Å²) < 4.78 is 38.1. The molecule has 0 spiro atoms. The van der Waals surface area contributed by atoms with E-state index in [0.717, 1.165) is 4.68 Å². The minimum absolute atomic E-state index is 0.238. The molecule has 0 saturated carbocycles. The maximum Gasteiger partial charge on any atom is 0.420 e. The summed E-state index contributed by atoms with van der Waals surface area (Å²) in [5.41, 5.74) is -0.0628. The zero-order valence-corrected chi connectivity index (χ0v) is 9.63. The summed E-state index contributed by atoms with van der Waals surface area (Å²) in [7, 11) is 1.39. The molecule has 1 heterocycles. The minimum Gasteiger partial charge on any atom is -0.378 e. The van der Waals surface area contributed by atoms with Gasteiger partial charge >= 0.3 is 6.18 Å². The first-order valence-electron chi connectivity index (χ1n) is 4.82. The van der Waals surface area contributed by atoms with E-state index >= 15 is 0 Å². The third-order valence-corrected chi connectivity index (χ3v) is 2.27. The number of aromatic nitrogens is 2. The normalized spacial score (nSPS) is 15.2. The van der Waals surface area contributed by atoms with Gasteiger partial charge in [0.2, 0.25) is 0 Å². The topological polar surface area (TPSA) is 38.0 Å². The smallest absolute Gasteiger partial charge is 0.378 e. The second kappa shape index (κ2) is 3.76. The van der Waals surface area contributed by atoms with Gasteiger partial charge in [0.1, 0.15) is 0 Å². The lowest BCUT2D eigenvalue weighted by Gasteiger charge is -2.14. The molecule has 0 radical (unpaired) electrons. The first-order valence-corrected chi connectivity index (χ1v) is 4.82. The molecule has 0 aliphatic heterocycles. The Morgan fingerprint density at radius 3 is 2.12 bits per heavy atom. The van der Waals surface area contributed by atoms with Crippen LogP contribution in [-0.2, 0) is 12.5 Å². The summed E-state index contributed by atoms with van der Waals surface area (Å²) in [4.78, 5) is 0. The molecule has 1 aromatic rings. The number of rotatable bonds is 1. The van der Waals surface area contributed by atoms with Crippen molar-refractivity contribution in [1.82, 2.24) is 9.78 Å². The van der Waals surface area contributed by atoms with Crippen LogP contribution < -0.4 is 0 Å². The Hall–Kier alpha value is -1.04. The van der Waals surface area contributed by atoms with E-state index in [9.17, 15) is 13.2 Å². The molecule has 0 aromatic carbocycles. The molecule has 0 saturated heterocycles. The van der Waals surface area contributed by atoms with Crippen LogP contribution in [0.3, 0.4) is 0 Å². The van der Waals surface area contributed by atoms with Crippen LogP contribution in [0, 0.1) is 0 Å². The van der Waals surface area contributed by atoms with Crippen LogP contribution in [0.25, 0.3) is 0 Å². The van der Waals surface area contributed by atoms with E-state index < -0.39 is 12.3 Å². The van der Waals surface area contributed by atoms with Gasteiger partial charge in [0.05, 0.1) is 11.4 Å². The Morgan fingerprint density at radius 1 is 1.31 bits per heavy atom. The third kappa shape index (κ3) is 2.55. The molecule has 0 aliphatic rings. The predicted molar refractivity (Wildman–Crippen MR) is 52.9 cm³/mol. The highest BCUT2D eigenvalue weighted by Crippen LogP contribution is 2.33. The summed E-state index contributed by atoms with van der Waals surface area (Å²) >= 11 is 0. The molecule has 16 heavy (non-hydrogen) atoms. The van der Waals surface area contributed by atoms with Crippen LogP contribution in [0.15, 0.2) is 6.07 Å². The fraction of sp³-hybridized carbons (Fsp3) is 0.700. The van der Waals surface area contributed by atoms with E-state index in [0.29, 0.717) is 5.69 Å². The van der Waals surface area contributed by atoms with Gasteiger partial charge in [0.25, 0.3) is 0 Å². The molecule has 6 heteroatoms. The summed E-state index contributed by atoms with van der Waals surface area (Å²) in [5, 5.41) is 13.1. The van der Waals surface area contributed by atoms with Crippen LogP contribution in [0.2, 0.25) is 0 Å². The summed E-state index contributed by atoms with van der Waals surface area (Å²) in [6, 6.07) is 1.29. The van der Waals surface area contributed by atoms with E-state index in [2.05, 4.69) is 5.10 Å².